The van der Waals surface area contributed by atoms with Crippen molar-refractivity contribution in [2.45, 2.75) is 13.5 Å². The molecule has 19 heavy (non-hydrogen) atoms. The van der Waals surface area contributed by atoms with Crippen LogP contribution in [-0.4, -0.2) is 27.2 Å². The number of aromatic carboxylic acids is 1. The highest BCUT2D eigenvalue weighted by molar-refractivity contribution is 5.89. The molecule has 1 heterocycles. The Morgan fingerprint density at radius 3 is 2.95 bits per heavy atom. The van der Waals surface area contributed by atoms with Crippen LogP contribution in [0, 0.1) is 6.92 Å². The topological polar surface area (TPSA) is 90.4 Å². The summed E-state index contributed by atoms with van der Waals surface area (Å²) in [6.07, 6.45) is 3.57. The minimum absolute atomic E-state index is 0.156. The van der Waals surface area contributed by atoms with Gasteiger partial charge in [-0.3, -0.25) is 0 Å². The van der Waals surface area contributed by atoms with Crippen molar-refractivity contribution in [1.82, 2.24) is 9.55 Å². The van der Waals surface area contributed by atoms with E-state index < -0.39 is 5.97 Å². The van der Waals surface area contributed by atoms with E-state index in [2.05, 4.69) is 4.98 Å². The van der Waals surface area contributed by atoms with Gasteiger partial charge in [-0.1, -0.05) is 0 Å². The summed E-state index contributed by atoms with van der Waals surface area (Å²) in [6.45, 7) is 2.92. The molecule has 0 spiro atoms. The third-order valence-electron chi connectivity index (χ3n) is 2.77. The highest BCUT2D eigenvalue weighted by Crippen LogP contribution is 2.22. The zero-order valence-corrected chi connectivity index (χ0v) is 10.5. The first-order valence-electron chi connectivity index (χ1n) is 5.81. The maximum atomic E-state index is 10.9. The van der Waals surface area contributed by atoms with E-state index in [9.17, 15) is 4.79 Å². The summed E-state index contributed by atoms with van der Waals surface area (Å²) in [5.41, 5.74) is 6.32. The van der Waals surface area contributed by atoms with E-state index in [0.29, 0.717) is 24.6 Å². The molecule has 6 heteroatoms. The van der Waals surface area contributed by atoms with Crippen LogP contribution in [0.2, 0.25) is 0 Å². The molecule has 6 nitrogen and oxygen atoms in total. The number of carboxylic acid groups (broad SMARTS) is 1. The van der Waals surface area contributed by atoms with Crippen molar-refractivity contribution in [2.75, 3.05) is 12.3 Å². The summed E-state index contributed by atoms with van der Waals surface area (Å²) < 4.78 is 7.46. The van der Waals surface area contributed by atoms with Crippen molar-refractivity contribution < 1.29 is 14.6 Å². The fourth-order valence-electron chi connectivity index (χ4n) is 1.69. The predicted octanol–water partition coefficient (Wildman–Crippen LogP) is 1.55. The standard InChI is InChI=1S/C13H15N3O3/c1-9-15-4-5-16(9)6-7-19-12-8-10(13(17)18)2-3-11(12)14/h2-5,8H,6-7,14H2,1H3,(H,17,18). The lowest BCUT2D eigenvalue weighted by molar-refractivity contribution is 0.0696. The minimum Gasteiger partial charge on any atom is -0.490 e. The maximum absolute atomic E-state index is 10.9. The number of nitrogens with two attached hydrogens (primary N) is 1. The third-order valence-corrected chi connectivity index (χ3v) is 2.77. The molecule has 1 aromatic heterocycles. The smallest absolute Gasteiger partial charge is 0.335 e. The molecule has 0 radical (unpaired) electrons. The first-order chi connectivity index (χ1) is 9.08. The molecule has 0 bridgehead atoms. The molecule has 0 saturated heterocycles. The van der Waals surface area contributed by atoms with Crippen molar-refractivity contribution in [1.29, 1.82) is 0 Å². The number of nitrogen functional groups attached to an aromatic ring is 1. The highest BCUT2D eigenvalue weighted by Gasteiger charge is 2.07. The first kappa shape index (κ1) is 12.9. The second-order valence-electron chi connectivity index (χ2n) is 4.07. The van der Waals surface area contributed by atoms with E-state index in [1.165, 1.54) is 18.2 Å². The molecule has 0 fully saturated rings. The van der Waals surface area contributed by atoms with Crippen LogP contribution in [0.1, 0.15) is 16.2 Å². The largest absolute Gasteiger partial charge is 0.490 e. The van der Waals surface area contributed by atoms with Crippen LogP contribution in [0.25, 0.3) is 0 Å². The zero-order chi connectivity index (χ0) is 13.8. The molecule has 0 amide bonds. The molecule has 0 aliphatic rings. The molecule has 0 atom stereocenters. The van der Waals surface area contributed by atoms with Gasteiger partial charge in [-0.05, 0) is 25.1 Å². The SMILES string of the molecule is Cc1nccn1CCOc1cc(C(=O)O)ccc1N. The second kappa shape index (κ2) is 5.43. The van der Waals surface area contributed by atoms with Gasteiger partial charge < -0.3 is 20.1 Å². The summed E-state index contributed by atoms with van der Waals surface area (Å²) in [5.74, 6) is 0.281. The molecular weight excluding hydrogens is 246 g/mol. The van der Waals surface area contributed by atoms with Crippen LogP contribution < -0.4 is 10.5 Å². The van der Waals surface area contributed by atoms with Gasteiger partial charge in [-0.25, -0.2) is 9.78 Å². The van der Waals surface area contributed by atoms with Gasteiger partial charge in [0.2, 0.25) is 0 Å². The third kappa shape index (κ3) is 3.04. The molecular formula is C13H15N3O3. The fraction of sp³-hybridized carbons (Fsp3) is 0.231. The molecule has 2 aromatic rings. The Hall–Kier alpha value is -2.50. The number of aromatic nitrogens is 2. The normalized spacial score (nSPS) is 10.4. The Morgan fingerprint density at radius 2 is 2.32 bits per heavy atom. The first-order valence-corrected chi connectivity index (χ1v) is 5.81. The van der Waals surface area contributed by atoms with E-state index in [0.717, 1.165) is 5.82 Å². The average Bonchev–Trinajstić information content (AvgIpc) is 2.77. The lowest BCUT2D eigenvalue weighted by Gasteiger charge is -2.10. The molecule has 1 aromatic carbocycles. The Labute approximate surface area is 110 Å². The molecule has 2 rings (SSSR count). The van der Waals surface area contributed by atoms with Gasteiger partial charge in [-0.15, -0.1) is 0 Å². The molecule has 0 unspecified atom stereocenters. The van der Waals surface area contributed by atoms with Crippen LogP contribution in [0.15, 0.2) is 30.6 Å². The zero-order valence-electron chi connectivity index (χ0n) is 10.5. The number of anilines is 1. The van der Waals surface area contributed by atoms with Gasteiger partial charge >= 0.3 is 5.97 Å². The molecule has 0 saturated carbocycles. The van der Waals surface area contributed by atoms with Gasteiger partial charge in [0.1, 0.15) is 18.2 Å². The van der Waals surface area contributed by atoms with Crippen LogP contribution in [0.4, 0.5) is 5.69 Å². The number of hydrogen-bond donors (Lipinski definition) is 2. The second-order valence-corrected chi connectivity index (χ2v) is 4.07. The van der Waals surface area contributed by atoms with E-state index in [1.54, 1.807) is 6.20 Å². The number of aryl methyl sites for hydroxylation is 1. The van der Waals surface area contributed by atoms with Gasteiger partial charge in [0.15, 0.2) is 0 Å². The van der Waals surface area contributed by atoms with Crippen LogP contribution in [0.5, 0.6) is 5.75 Å². The van der Waals surface area contributed by atoms with Crippen LogP contribution in [0.3, 0.4) is 0 Å². The van der Waals surface area contributed by atoms with Crippen molar-refractivity contribution in [3.63, 3.8) is 0 Å². The van der Waals surface area contributed by atoms with Crippen molar-refractivity contribution >= 4 is 11.7 Å². The van der Waals surface area contributed by atoms with Gasteiger partial charge in [0.05, 0.1) is 17.8 Å². The summed E-state index contributed by atoms with van der Waals surface area (Å²) in [4.78, 5) is 15.0. The van der Waals surface area contributed by atoms with Gasteiger partial charge in [0.25, 0.3) is 0 Å². The van der Waals surface area contributed by atoms with Gasteiger partial charge in [0, 0.05) is 12.4 Å². The van der Waals surface area contributed by atoms with Gasteiger partial charge in [-0.2, -0.15) is 0 Å². The molecule has 0 aliphatic carbocycles. The van der Waals surface area contributed by atoms with Crippen molar-refractivity contribution in [3.05, 3.63) is 42.0 Å². The molecule has 100 valence electrons. The quantitative estimate of drug-likeness (QED) is 0.797. The van der Waals surface area contributed by atoms with E-state index in [1.807, 2.05) is 17.7 Å². The van der Waals surface area contributed by atoms with Crippen LogP contribution in [-0.2, 0) is 6.54 Å². The van der Waals surface area contributed by atoms with Crippen LogP contribution >= 0.6 is 0 Å². The number of hydrogen-bond acceptors (Lipinski definition) is 4. The molecule has 0 aliphatic heterocycles. The molecule has 3 N–H and O–H groups in total. The Balaban J connectivity index is 2.01. The summed E-state index contributed by atoms with van der Waals surface area (Å²) >= 11 is 0. The van der Waals surface area contributed by atoms with E-state index in [-0.39, 0.29) is 5.56 Å². The number of carboxylic acids is 1. The van der Waals surface area contributed by atoms with Crippen molar-refractivity contribution in [3.8, 4) is 5.75 Å². The predicted molar refractivity (Wildman–Crippen MR) is 70.3 cm³/mol. The average molecular weight is 261 g/mol. The number of carbonyl (C=O) groups is 1. The minimum atomic E-state index is -1.00. The number of benzene rings is 1. The lowest BCUT2D eigenvalue weighted by atomic mass is 10.2. The lowest BCUT2D eigenvalue weighted by Crippen LogP contribution is -2.10. The summed E-state index contributed by atoms with van der Waals surface area (Å²) in [5, 5.41) is 8.90. The maximum Gasteiger partial charge on any atom is 0.335 e. The Bertz CT molecular complexity index is 593. The summed E-state index contributed by atoms with van der Waals surface area (Å²) in [7, 11) is 0. The van der Waals surface area contributed by atoms with Crippen molar-refractivity contribution in [2.24, 2.45) is 0 Å². The number of ether oxygens (including phenoxy) is 1. The Kier molecular flexibility index (Phi) is 3.70. The van der Waals surface area contributed by atoms with E-state index >= 15 is 0 Å². The van der Waals surface area contributed by atoms with E-state index in [4.69, 9.17) is 15.6 Å². The number of nitrogens with zero attached hydrogens (tertiary/aromatic N) is 2. The highest BCUT2D eigenvalue weighted by atomic mass is 16.5. The Morgan fingerprint density at radius 1 is 1.53 bits per heavy atom. The monoisotopic (exact) mass is 261 g/mol. The fourth-order valence-corrected chi connectivity index (χ4v) is 1.69. The summed E-state index contributed by atoms with van der Waals surface area (Å²) in [6, 6.07) is 4.41. The number of rotatable bonds is 5. The number of imidazole rings is 1.